The maximum absolute atomic E-state index is 12.0. The summed E-state index contributed by atoms with van der Waals surface area (Å²) in [6, 6.07) is 7.18. The Kier molecular flexibility index (Phi) is 4.04. The second-order valence-electron chi connectivity index (χ2n) is 4.64. The van der Waals surface area contributed by atoms with Crippen LogP contribution in [0.15, 0.2) is 29.3 Å². The average Bonchev–Trinajstić information content (AvgIpc) is 2.70. The van der Waals surface area contributed by atoms with E-state index in [-0.39, 0.29) is 11.9 Å². The maximum atomic E-state index is 12.0. The lowest BCUT2D eigenvalue weighted by molar-refractivity contribution is -0.120. The van der Waals surface area contributed by atoms with E-state index in [0.717, 1.165) is 5.56 Å². The number of amides is 1. The number of hydrogen-bond acceptors (Lipinski definition) is 4. The first-order chi connectivity index (χ1) is 9.11. The van der Waals surface area contributed by atoms with Gasteiger partial charge < -0.3 is 10.1 Å². The van der Waals surface area contributed by atoms with Crippen LogP contribution in [-0.4, -0.2) is 24.5 Å². The molecule has 5 nitrogen and oxygen atoms in total. The Labute approximate surface area is 113 Å². The lowest BCUT2D eigenvalue weighted by atomic mass is 10.1. The first-order valence-corrected chi connectivity index (χ1v) is 6.48. The Morgan fingerprint density at radius 2 is 2.16 bits per heavy atom. The zero-order valence-electron chi connectivity index (χ0n) is 11.4. The fourth-order valence-corrected chi connectivity index (χ4v) is 1.96. The zero-order chi connectivity index (χ0) is 13.8. The molecular weight excluding hydrogens is 242 g/mol. The summed E-state index contributed by atoms with van der Waals surface area (Å²) >= 11 is 0. The number of para-hydroxylation sites is 1. The van der Waals surface area contributed by atoms with Crippen molar-refractivity contribution in [2.24, 2.45) is 4.99 Å². The van der Waals surface area contributed by atoms with Gasteiger partial charge in [0.25, 0.3) is 5.91 Å². The summed E-state index contributed by atoms with van der Waals surface area (Å²) in [7, 11) is 0. The molecule has 1 aromatic carbocycles. The van der Waals surface area contributed by atoms with Gasteiger partial charge >= 0.3 is 0 Å². The van der Waals surface area contributed by atoms with Crippen LogP contribution >= 0.6 is 0 Å². The van der Waals surface area contributed by atoms with Gasteiger partial charge in [-0.3, -0.25) is 10.1 Å². The molecule has 2 rings (SSSR count). The Balaban J connectivity index is 2.26. The molecule has 0 spiro atoms. The monoisotopic (exact) mass is 261 g/mol. The standard InChI is InChI=1S/C14H19N3O2/c1-4-19-11-8-6-5-7-10(11)12-13(18)17-14(16-12)15-9(2)3/h5-9,12H,4H2,1-3H3,(H2,15,16,17,18). The Morgan fingerprint density at radius 1 is 1.42 bits per heavy atom. The Bertz CT molecular complexity index is 497. The summed E-state index contributed by atoms with van der Waals surface area (Å²) in [5, 5.41) is 5.85. The molecule has 1 aliphatic heterocycles. The molecule has 5 heteroatoms. The number of hydrogen-bond donors (Lipinski definition) is 2. The van der Waals surface area contributed by atoms with Crippen molar-refractivity contribution >= 4 is 11.9 Å². The largest absolute Gasteiger partial charge is 0.493 e. The highest BCUT2D eigenvalue weighted by molar-refractivity contribution is 6.05. The number of ether oxygens (including phenoxy) is 1. The maximum Gasteiger partial charge on any atom is 0.256 e. The number of aliphatic imine (C=N–C) groups is 1. The third kappa shape index (κ3) is 3.05. The van der Waals surface area contributed by atoms with Gasteiger partial charge in [0.2, 0.25) is 0 Å². The molecule has 0 bridgehead atoms. The molecule has 1 aliphatic rings. The summed E-state index contributed by atoms with van der Waals surface area (Å²) in [6.07, 6.45) is 0. The second-order valence-corrected chi connectivity index (χ2v) is 4.64. The summed E-state index contributed by atoms with van der Waals surface area (Å²) in [6.45, 7) is 6.47. The quantitative estimate of drug-likeness (QED) is 0.865. The first-order valence-electron chi connectivity index (χ1n) is 6.48. The molecule has 0 radical (unpaired) electrons. The molecule has 1 aromatic rings. The van der Waals surface area contributed by atoms with E-state index in [1.54, 1.807) is 0 Å². The van der Waals surface area contributed by atoms with Gasteiger partial charge in [-0.2, -0.15) is 0 Å². The van der Waals surface area contributed by atoms with Crippen LogP contribution in [0.5, 0.6) is 5.75 Å². The summed E-state index contributed by atoms with van der Waals surface area (Å²) in [5.41, 5.74) is 0.794. The van der Waals surface area contributed by atoms with Crippen LogP contribution in [0.25, 0.3) is 0 Å². The first kappa shape index (κ1) is 13.4. The number of guanidine groups is 1. The van der Waals surface area contributed by atoms with Crippen molar-refractivity contribution in [3.8, 4) is 5.75 Å². The molecule has 19 heavy (non-hydrogen) atoms. The molecule has 0 aromatic heterocycles. The van der Waals surface area contributed by atoms with Crippen molar-refractivity contribution in [1.82, 2.24) is 10.6 Å². The molecular formula is C14H19N3O2. The van der Waals surface area contributed by atoms with Crippen LogP contribution in [0.3, 0.4) is 0 Å². The summed E-state index contributed by atoms with van der Waals surface area (Å²) in [5.74, 6) is 1.10. The van der Waals surface area contributed by atoms with E-state index in [1.807, 2.05) is 45.0 Å². The molecule has 1 unspecified atom stereocenters. The van der Waals surface area contributed by atoms with E-state index in [9.17, 15) is 4.79 Å². The minimum absolute atomic E-state index is 0.129. The highest BCUT2D eigenvalue weighted by Gasteiger charge is 2.30. The topological polar surface area (TPSA) is 62.7 Å². The number of nitrogens with one attached hydrogen (secondary N) is 2. The highest BCUT2D eigenvalue weighted by atomic mass is 16.5. The minimum atomic E-state index is -0.538. The fraction of sp³-hybridized carbons (Fsp3) is 0.429. The number of carbonyl (C=O) groups is 1. The summed E-state index contributed by atoms with van der Waals surface area (Å²) < 4.78 is 5.54. The SMILES string of the molecule is CCOc1ccccc1C1N=C(NC(C)C)NC1=O. The number of nitrogens with zero attached hydrogens (tertiary/aromatic N) is 1. The zero-order valence-corrected chi connectivity index (χ0v) is 11.4. The molecule has 102 valence electrons. The average molecular weight is 261 g/mol. The van der Waals surface area contributed by atoms with E-state index < -0.39 is 6.04 Å². The predicted octanol–water partition coefficient (Wildman–Crippen LogP) is 1.61. The molecule has 0 saturated heterocycles. The second kappa shape index (κ2) is 5.73. The normalized spacial score (nSPS) is 18.2. The van der Waals surface area contributed by atoms with Crippen molar-refractivity contribution in [2.45, 2.75) is 32.9 Å². The van der Waals surface area contributed by atoms with Crippen molar-refractivity contribution in [1.29, 1.82) is 0 Å². The van der Waals surface area contributed by atoms with Crippen LogP contribution in [0.1, 0.15) is 32.4 Å². The van der Waals surface area contributed by atoms with Gasteiger partial charge in [-0.25, -0.2) is 4.99 Å². The van der Waals surface area contributed by atoms with Crippen LogP contribution < -0.4 is 15.4 Å². The van der Waals surface area contributed by atoms with E-state index in [0.29, 0.717) is 18.3 Å². The molecule has 2 N–H and O–H groups in total. The van der Waals surface area contributed by atoms with Crippen LogP contribution in [0.4, 0.5) is 0 Å². The Morgan fingerprint density at radius 3 is 2.84 bits per heavy atom. The van der Waals surface area contributed by atoms with Crippen molar-refractivity contribution < 1.29 is 9.53 Å². The van der Waals surface area contributed by atoms with Crippen molar-refractivity contribution in [3.05, 3.63) is 29.8 Å². The van der Waals surface area contributed by atoms with Gasteiger partial charge in [0, 0.05) is 11.6 Å². The van der Waals surface area contributed by atoms with E-state index >= 15 is 0 Å². The van der Waals surface area contributed by atoms with Gasteiger partial charge in [-0.1, -0.05) is 18.2 Å². The minimum Gasteiger partial charge on any atom is -0.493 e. The fourth-order valence-electron chi connectivity index (χ4n) is 1.96. The molecule has 0 fully saturated rings. The molecule has 1 heterocycles. The highest BCUT2D eigenvalue weighted by Crippen LogP contribution is 2.29. The van der Waals surface area contributed by atoms with Crippen LogP contribution in [0, 0.1) is 0 Å². The van der Waals surface area contributed by atoms with Gasteiger partial charge in [0.15, 0.2) is 12.0 Å². The number of carbonyl (C=O) groups excluding carboxylic acids is 1. The lowest BCUT2D eigenvalue weighted by Gasteiger charge is -2.11. The van der Waals surface area contributed by atoms with E-state index in [4.69, 9.17) is 4.74 Å². The molecule has 0 saturated carbocycles. The molecule has 0 aliphatic carbocycles. The van der Waals surface area contributed by atoms with E-state index in [1.165, 1.54) is 0 Å². The van der Waals surface area contributed by atoms with Gasteiger partial charge in [-0.05, 0) is 26.8 Å². The van der Waals surface area contributed by atoms with Gasteiger partial charge in [-0.15, -0.1) is 0 Å². The molecule has 1 atom stereocenters. The molecule has 1 amide bonds. The third-order valence-electron chi connectivity index (χ3n) is 2.69. The van der Waals surface area contributed by atoms with Crippen molar-refractivity contribution in [2.75, 3.05) is 6.61 Å². The van der Waals surface area contributed by atoms with Crippen molar-refractivity contribution in [3.63, 3.8) is 0 Å². The van der Waals surface area contributed by atoms with Crippen LogP contribution in [-0.2, 0) is 4.79 Å². The number of benzene rings is 1. The summed E-state index contributed by atoms with van der Waals surface area (Å²) in [4.78, 5) is 16.4. The van der Waals surface area contributed by atoms with Gasteiger partial charge in [0.1, 0.15) is 5.75 Å². The predicted molar refractivity (Wildman–Crippen MR) is 74.2 cm³/mol. The van der Waals surface area contributed by atoms with Crippen LogP contribution in [0.2, 0.25) is 0 Å². The van der Waals surface area contributed by atoms with E-state index in [2.05, 4.69) is 15.6 Å². The number of rotatable bonds is 4. The smallest absolute Gasteiger partial charge is 0.256 e. The lowest BCUT2D eigenvalue weighted by Crippen LogP contribution is -2.40. The van der Waals surface area contributed by atoms with Gasteiger partial charge in [0.05, 0.1) is 6.61 Å². The third-order valence-corrected chi connectivity index (χ3v) is 2.69. The Hall–Kier alpha value is -2.04.